The highest BCUT2D eigenvalue weighted by molar-refractivity contribution is 6.29. The zero-order valence-corrected chi connectivity index (χ0v) is 32.1. The van der Waals surface area contributed by atoms with E-state index in [9.17, 15) is 0 Å². The van der Waals surface area contributed by atoms with Crippen molar-refractivity contribution in [3.8, 4) is 16.9 Å². The maximum atomic E-state index is 5.31. The molecular weight excluding hydrogens is 693 g/mol. The number of hydrogen-bond acceptors (Lipinski definition) is 2. The molecule has 6 aromatic carbocycles. The molecule has 4 heteroatoms. The van der Waals surface area contributed by atoms with Gasteiger partial charge in [-0.3, -0.25) is 0 Å². The summed E-state index contributed by atoms with van der Waals surface area (Å²) in [6, 6.07) is 48.5. The first-order chi connectivity index (χ1) is 28.0. The van der Waals surface area contributed by atoms with Gasteiger partial charge in [0.05, 0.1) is 44.5 Å². The minimum Gasteiger partial charge on any atom is -0.310 e. The maximum absolute atomic E-state index is 5.31. The van der Waals surface area contributed by atoms with Gasteiger partial charge in [0.2, 0.25) is 0 Å². The first kappa shape index (κ1) is 32.5. The minimum atomic E-state index is 0.00424. The standard InChI is InChI=1S/C53H40N4/c1-53(2)41-22-9-6-19-37(41)38-28-27-36(32-42(38)53)57-46-26-13-8-21-40(46)50-48(57)30-29-47-49(50)39-20-7-12-25-45(39)56(47)35-18-14-17-34(31-35)52-51(33-15-4-3-5-16-33)54-43-23-10-11-24-44(43)55-52/h3-8,10-16,18-21,23-32,34H,9,17,22H2,1-2H3. The molecule has 3 aliphatic carbocycles. The van der Waals surface area contributed by atoms with Crippen LogP contribution in [0.5, 0.6) is 0 Å². The van der Waals surface area contributed by atoms with Crippen LogP contribution >= 0.6 is 0 Å². The summed E-state index contributed by atoms with van der Waals surface area (Å²) in [7, 11) is 0. The number of aromatic nitrogens is 4. The van der Waals surface area contributed by atoms with Gasteiger partial charge in [-0.15, -0.1) is 0 Å². The number of nitrogens with zero attached hydrogens (tertiary/aromatic N) is 4. The molecule has 0 spiro atoms. The fourth-order valence-electron chi connectivity index (χ4n) is 10.3. The molecule has 57 heavy (non-hydrogen) atoms. The van der Waals surface area contributed by atoms with Crippen LogP contribution in [0.15, 0.2) is 169 Å². The fourth-order valence-corrected chi connectivity index (χ4v) is 10.3. The molecule has 1 unspecified atom stereocenters. The molecule has 0 amide bonds. The Labute approximate surface area is 331 Å². The summed E-state index contributed by atoms with van der Waals surface area (Å²) in [5.74, 6) is 0.0545. The quantitative estimate of drug-likeness (QED) is 0.181. The third kappa shape index (κ3) is 4.67. The van der Waals surface area contributed by atoms with Gasteiger partial charge < -0.3 is 9.13 Å². The fraction of sp³-hybridized carbons (Fsp3) is 0.132. The number of benzene rings is 6. The van der Waals surface area contributed by atoms with Crippen molar-refractivity contribution in [2.75, 3.05) is 0 Å². The second-order valence-corrected chi connectivity index (χ2v) is 16.4. The molecule has 272 valence electrons. The van der Waals surface area contributed by atoms with Gasteiger partial charge in [0, 0.05) is 49.8 Å². The molecule has 9 aromatic rings. The van der Waals surface area contributed by atoms with Crippen molar-refractivity contribution < 1.29 is 0 Å². The maximum Gasteiger partial charge on any atom is 0.0931 e. The summed E-state index contributed by atoms with van der Waals surface area (Å²) < 4.78 is 4.97. The highest BCUT2D eigenvalue weighted by Crippen LogP contribution is 2.51. The van der Waals surface area contributed by atoms with Crippen molar-refractivity contribution in [1.29, 1.82) is 0 Å². The highest BCUT2D eigenvalue weighted by Gasteiger charge is 2.37. The summed E-state index contributed by atoms with van der Waals surface area (Å²) in [5, 5.41) is 5.10. The van der Waals surface area contributed by atoms with Gasteiger partial charge in [0.1, 0.15) is 0 Å². The Morgan fingerprint density at radius 1 is 0.614 bits per heavy atom. The predicted octanol–water partition coefficient (Wildman–Crippen LogP) is 13.5. The predicted molar refractivity (Wildman–Crippen MR) is 238 cm³/mol. The van der Waals surface area contributed by atoms with Gasteiger partial charge in [-0.1, -0.05) is 129 Å². The summed E-state index contributed by atoms with van der Waals surface area (Å²) in [6.07, 6.45) is 14.8. The van der Waals surface area contributed by atoms with Crippen LogP contribution in [0.4, 0.5) is 0 Å². The highest BCUT2D eigenvalue weighted by atomic mass is 15.0. The molecule has 3 aromatic heterocycles. The van der Waals surface area contributed by atoms with E-state index in [4.69, 9.17) is 9.97 Å². The molecule has 0 saturated carbocycles. The lowest BCUT2D eigenvalue weighted by atomic mass is 9.78. The van der Waals surface area contributed by atoms with Crippen molar-refractivity contribution in [2.24, 2.45) is 0 Å². The van der Waals surface area contributed by atoms with Crippen molar-refractivity contribution in [2.45, 2.75) is 44.4 Å². The van der Waals surface area contributed by atoms with E-state index in [1.807, 2.05) is 12.1 Å². The minimum absolute atomic E-state index is 0.00424. The topological polar surface area (TPSA) is 35.6 Å². The number of rotatable bonds is 4. The molecule has 4 nitrogen and oxygen atoms in total. The van der Waals surface area contributed by atoms with E-state index >= 15 is 0 Å². The van der Waals surface area contributed by atoms with E-state index in [-0.39, 0.29) is 11.3 Å². The number of allylic oxidation sites excluding steroid dienone is 8. The van der Waals surface area contributed by atoms with Gasteiger partial charge in [-0.25, -0.2) is 9.97 Å². The van der Waals surface area contributed by atoms with Crippen molar-refractivity contribution >= 4 is 65.9 Å². The van der Waals surface area contributed by atoms with Gasteiger partial charge in [-0.05, 0) is 90.6 Å². The Balaban J connectivity index is 1.07. The van der Waals surface area contributed by atoms with Crippen molar-refractivity contribution in [1.82, 2.24) is 19.1 Å². The van der Waals surface area contributed by atoms with Crippen molar-refractivity contribution in [3.05, 3.63) is 186 Å². The smallest absolute Gasteiger partial charge is 0.0931 e. The molecule has 0 N–H and O–H groups in total. The molecule has 12 rings (SSSR count). The van der Waals surface area contributed by atoms with Crippen LogP contribution in [0.3, 0.4) is 0 Å². The van der Waals surface area contributed by atoms with E-state index in [0.29, 0.717) is 0 Å². The SMILES string of the molecule is CC1(C)C2=C(C=CCC2)c2ccc(-n3c4ccccc4c4c5c6ccccc6n(C6=CC(c7nc8ccccc8nc7-c7ccccc7)CC=C6)c5ccc43)cc21. The van der Waals surface area contributed by atoms with E-state index in [0.717, 1.165) is 52.9 Å². The summed E-state index contributed by atoms with van der Waals surface area (Å²) in [4.78, 5) is 10.5. The Morgan fingerprint density at radius 3 is 2.05 bits per heavy atom. The number of fused-ring (bicyclic) bond motifs is 10. The van der Waals surface area contributed by atoms with Crippen LogP contribution in [0.2, 0.25) is 0 Å². The zero-order valence-electron chi connectivity index (χ0n) is 32.1. The Kier molecular flexibility index (Phi) is 6.90. The lowest BCUT2D eigenvalue weighted by Crippen LogP contribution is -2.18. The summed E-state index contributed by atoms with van der Waals surface area (Å²) in [5.41, 5.74) is 17.9. The van der Waals surface area contributed by atoms with Gasteiger partial charge in [-0.2, -0.15) is 0 Å². The Bertz CT molecular complexity index is 3290. The van der Waals surface area contributed by atoms with E-state index in [2.05, 4.69) is 175 Å². The normalized spacial score (nSPS) is 17.3. The molecular formula is C53H40N4. The van der Waals surface area contributed by atoms with Crippen LogP contribution in [0, 0.1) is 0 Å². The van der Waals surface area contributed by atoms with E-state index in [1.165, 1.54) is 66.0 Å². The van der Waals surface area contributed by atoms with E-state index in [1.54, 1.807) is 5.57 Å². The second kappa shape index (κ2) is 12.1. The van der Waals surface area contributed by atoms with Crippen LogP contribution in [0.25, 0.3) is 82.9 Å². The van der Waals surface area contributed by atoms with Crippen molar-refractivity contribution in [3.63, 3.8) is 0 Å². The Morgan fingerprint density at radius 2 is 1.28 bits per heavy atom. The molecule has 0 bridgehead atoms. The van der Waals surface area contributed by atoms with Gasteiger partial charge in [0.25, 0.3) is 0 Å². The van der Waals surface area contributed by atoms with Crippen LogP contribution in [-0.4, -0.2) is 19.1 Å². The molecule has 0 fully saturated rings. The zero-order chi connectivity index (χ0) is 37.8. The van der Waals surface area contributed by atoms with E-state index < -0.39 is 0 Å². The molecule has 0 radical (unpaired) electrons. The first-order valence-electron chi connectivity index (χ1n) is 20.3. The molecule has 1 atom stereocenters. The van der Waals surface area contributed by atoms with Gasteiger partial charge >= 0.3 is 0 Å². The van der Waals surface area contributed by atoms with Crippen LogP contribution in [0.1, 0.15) is 55.8 Å². The lowest BCUT2D eigenvalue weighted by Gasteiger charge is -2.26. The molecule has 3 aliphatic rings. The average molecular weight is 733 g/mol. The number of hydrogen-bond donors (Lipinski definition) is 0. The lowest BCUT2D eigenvalue weighted by molar-refractivity contribution is 0.607. The second-order valence-electron chi connectivity index (χ2n) is 16.4. The first-order valence-corrected chi connectivity index (χ1v) is 20.3. The molecule has 0 saturated heterocycles. The average Bonchev–Trinajstić information content (AvgIpc) is 3.86. The molecule has 0 aliphatic heterocycles. The summed E-state index contributed by atoms with van der Waals surface area (Å²) in [6.45, 7) is 4.82. The number of para-hydroxylation sites is 4. The molecule has 3 heterocycles. The monoisotopic (exact) mass is 732 g/mol. The third-order valence-electron chi connectivity index (χ3n) is 12.9. The Hall–Kier alpha value is -6.78. The van der Waals surface area contributed by atoms with Crippen LogP contribution in [-0.2, 0) is 5.41 Å². The largest absolute Gasteiger partial charge is 0.310 e. The third-order valence-corrected chi connectivity index (χ3v) is 12.9. The summed E-state index contributed by atoms with van der Waals surface area (Å²) >= 11 is 0. The van der Waals surface area contributed by atoms with Gasteiger partial charge in [0.15, 0.2) is 0 Å². The van der Waals surface area contributed by atoms with Crippen LogP contribution < -0.4 is 0 Å².